The third-order valence-corrected chi connectivity index (χ3v) is 4.60. The predicted octanol–water partition coefficient (Wildman–Crippen LogP) is 2.89. The van der Waals surface area contributed by atoms with Gasteiger partial charge in [0, 0.05) is 35.8 Å². The van der Waals surface area contributed by atoms with Crippen LogP contribution < -0.4 is 5.32 Å². The van der Waals surface area contributed by atoms with Gasteiger partial charge in [0.15, 0.2) is 0 Å². The standard InChI is InChI=1S/C19H26N2O4/c1-5-6-16(19(23)24)20-18(22)14-7-8-17-15(11-14)12(2)13(3)21(17)9-10-25-4/h7-8,11,16H,5-6,9-10H2,1-4H3,(H,20,22)(H,23,24). The number of hydrogen-bond donors (Lipinski definition) is 2. The van der Waals surface area contributed by atoms with Crippen LogP contribution in [-0.4, -0.2) is 41.3 Å². The second-order valence-electron chi connectivity index (χ2n) is 6.24. The van der Waals surface area contributed by atoms with E-state index in [0.29, 0.717) is 25.0 Å². The number of carboxylic acids is 1. The van der Waals surface area contributed by atoms with Crippen LogP contribution in [0.5, 0.6) is 0 Å². The molecular formula is C19H26N2O4. The van der Waals surface area contributed by atoms with Gasteiger partial charge in [-0.15, -0.1) is 0 Å². The molecular weight excluding hydrogens is 320 g/mol. The molecule has 0 spiro atoms. The molecule has 0 aliphatic heterocycles. The monoisotopic (exact) mass is 346 g/mol. The number of carbonyl (C=O) groups excluding carboxylic acids is 1. The SMILES string of the molecule is CCCC(NC(=O)c1ccc2c(c1)c(C)c(C)n2CCOC)C(=O)O. The van der Waals surface area contributed by atoms with Crippen LogP contribution >= 0.6 is 0 Å². The predicted molar refractivity (Wildman–Crippen MR) is 97.1 cm³/mol. The Bertz CT molecular complexity index is 779. The zero-order chi connectivity index (χ0) is 18.6. The van der Waals surface area contributed by atoms with Crippen molar-refractivity contribution in [2.45, 2.75) is 46.2 Å². The molecule has 2 rings (SSSR count). The number of carboxylic acid groups (broad SMARTS) is 1. The topological polar surface area (TPSA) is 80.6 Å². The summed E-state index contributed by atoms with van der Waals surface area (Å²) in [4.78, 5) is 23.7. The molecule has 2 N–H and O–H groups in total. The molecule has 6 nitrogen and oxygen atoms in total. The van der Waals surface area contributed by atoms with E-state index in [1.54, 1.807) is 13.2 Å². The lowest BCUT2D eigenvalue weighted by Crippen LogP contribution is -2.40. The molecule has 1 unspecified atom stereocenters. The molecule has 1 atom stereocenters. The van der Waals surface area contributed by atoms with E-state index in [0.717, 1.165) is 28.7 Å². The lowest BCUT2D eigenvalue weighted by Gasteiger charge is -2.13. The van der Waals surface area contributed by atoms with Crippen LogP contribution in [0.2, 0.25) is 0 Å². The van der Waals surface area contributed by atoms with Gasteiger partial charge in [0.25, 0.3) is 5.91 Å². The Kier molecular flexibility index (Phi) is 6.20. The van der Waals surface area contributed by atoms with E-state index in [1.807, 2.05) is 32.9 Å². The third kappa shape index (κ3) is 4.02. The van der Waals surface area contributed by atoms with Gasteiger partial charge in [-0.25, -0.2) is 4.79 Å². The summed E-state index contributed by atoms with van der Waals surface area (Å²) in [5, 5.41) is 12.8. The molecule has 0 saturated carbocycles. The van der Waals surface area contributed by atoms with E-state index in [2.05, 4.69) is 9.88 Å². The first-order valence-electron chi connectivity index (χ1n) is 8.52. The summed E-state index contributed by atoms with van der Waals surface area (Å²) >= 11 is 0. The average Bonchev–Trinajstić information content (AvgIpc) is 2.83. The largest absolute Gasteiger partial charge is 0.480 e. The van der Waals surface area contributed by atoms with Crippen LogP contribution in [0.15, 0.2) is 18.2 Å². The molecule has 0 aliphatic rings. The first-order chi connectivity index (χ1) is 11.9. The lowest BCUT2D eigenvalue weighted by molar-refractivity contribution is -0.139. The molecule has 0 saturated heterocycles. The molecule has 0 aliphatic carbocycles. The molecule has 136 valence electrons. The molecule has 6 heteroatoms. The number of benzene rings is 1. The molecule has 25 heavy (non-hydrogen) atoms. The van der Waals surface area contributed by atoms with Crippen LogP contribution in [-0.2, 0) is 16.1 Å². The highest BCUT2D eigenvalue weighted by atomic mass is 16.5. The van der Waals surface area contributed by atoms with E-state index in [-0.39, 0.29) is 5.91 Å². The number of aliphatic carboxylic acids is 1. The maximum Gasteiger partial charge on any atom is 0.326 e. The van der Waals surface area contributed by atoms with Crippen molar-refractivity contribution in [2.75, 3.05) is 13.7 Å². The maximum atomic E-state index is 12.5. The number of fused-ring (bicyclic) bond motifs is 1. The van der Waals surface area contributed by atoms with Crippen LogP contribution in [0.4, 0.5) is 0 Å². The number of methoxy groups -OCH3 is 1. The highest BCUT2D eigenvalue weighted by molar-refractivity contribution is 6.00. The average molecular weight is 346 g/mol. The van der Waals surface area contributed by atoms with Gasteiger partial charge in [-0.2, -0.15) is 0 Å². The van der Waals surface area contributed by atoms with E-state index < -0.39 is 12.0 Å². The van der Waals surface area contributed by atoms with Crippen molar-refractivity contribution in [1.29, 1.82) is 0 Å². The minimum absolute atomic E-state index is 0.357. The van der Waals surface area contributed by atoms with Crippen LogP contribution in [0.1, 0.15) is 41.4 Å². The summed E-state index contributed by atoms with van der Waals surface area (Å²) in [7, 11) is 1.67. The normalized spacial score (nSPS) is 12.3. The molecule has 1 heterocycles. The van der Waals surface area contributed by atoms with Crippen molar-refractivity contribution in [3.05, 3.63) is 35.0 Å². The molecule has 1 aromatic heterocycles. The number of amides is 1. The number of aryl methyl sites for hydroxylation is 1. The second-order valence-corrected chi connectivity index (χ2v) is 6.24. The quantitative estimate of drug-likeness (QED) is 0.770. The summed E-state index contributed by atoms with van der Waals surface area (Å²) in [6, 6.07) is 4.63. The van der Waals surface area contributed by atoms with Gasteiger partial charge in [0.2, 0.25) is 0 Å². The first-order valence-corrected chi connectivity index (χ1v) is 8.52. The first kappa shape index (κ1) is 19.0. The fourth-order valence-electron chi connectivity index (χ4n) is 3.05. The summed E-state index contributed by atoms with van der Waals surface area (Å²) in [6.07, 6.45) is 1.10. The van der Waals surface area contributed by atoms with Crippen molar-refractivity contribution >= 4 is 22.8 Å². The van der Waals surface area contributed by atoms with E-state index in [1.165, 1.54) is 0 Å². The number of aromatic nitrogens is 1. The van der Waals surface area contributed by atoms with Crippen molar-refractivity contribution in [3.63, 3.8) is 0 Å². The lowest BCUT2D eigenvalue weighted by atomic mass is 10.1. The van der Waals surface area contributed by atoms with Crippen LogP contribution in [0, 0.1) is 13.8 Å². The molecule has 1 amide bonds. The van der Waals surface area contributed by atoms with Crippen molar-refractivity contribution in [1.82, 2.24) is 9.88 Å². The van der Waals surface area contributed by atoms with Gasteiger partial charge >= 0.3 is 5.97 Å². The van der Waals surface area contributed by atoms with Crippen molar-refractivity contribution in [3.8, 4) is 0 Å². The van der Waals surface area contributed by atoms with Gasteiger partial charge in [-0.1, -0.05) is 13.3 Å². The summed E-state index contributed by atoms with van der Waals surface area (Å²) in [5.41, 5.74) is 3.77. The van der Waals surface area contributed by atoms with E-state index in [9.17, 15) is 14.7 Å². The Morgan fingerprint density at radius 2 is 2.04 bits per heavy atom. The molecule has 0 fully saturated rings. The van der Waals surface area contributed by atoms with Gasteiger partial charge in [-0.3, -0.25) is 4.79 Å². The van der Waals surface area contributed by atoms with Gasteiger partial charge in [0.05, 0.1) is 6.61 Å². The zero-order valence-corrected chi connectivity index (χ0v) is 15.3. The summed E-state index contributed by atoms with van der Waals surface area (Å²) in [6.45, 7) is 7.33. The molecule has 0 bridgehead atoms. The Balaban J connectivity index is 2.33. The van der Waals surface area contributed by atoms with Gasteiger partial charge in [0.1, 0.15) is 6.04 Å². The van der Waals surface area contributed by atoms with Gasteiger partial charge in [-0.05, 0) is 44.0 Å². The number of hydrogen-bond acceptors (Lipinski definition) is 3. The number of nitrogens with zero attached hydrogens (tertiary/aromatic N) is 1. The minimum atomic E-state index is -1.01. The van der Waals surface area contributed by atoms with Crippen molar-refractivity contribution in [2.24, 2.45) is 0 Å². The highest BCUT2D eigenvalue weighted by Gasteiger charge is 2.20. The molecule has 1 aromatic carbocycles. The van der Waals surface area contributed by atoms with E-state index >= 15 is 0 Å². The Hall–Kier alpha value is -2.34. The van der Waals surface area contributed by atoms with Crippen LogP contribution in [0.3, 0.4) is 0 Å². The number of ether oxygens (including phenoxy) is 1. The third-order valence-electron chi connectivity index (χ3n) is 4.60. The van der Waals surface area contributed by atoms with Crippen LogP contribution in [0.25, 0.3) is 10.9 Å². The van der Waals surface area contributed by atoms with Crippen molar-refractivity contribution < 1.29 is 19.4 Å². The molecule has 0 radical (unpaired) electrons. The zero-order valence-electron chi connectivity index (χ0n) is 15.3. The number of carbonyl (C=O) groups is 2. The summed E-state index contributed by atoms with van der Waals surface area (Å²) < 4.78 is 7.34. The van der Waals surface area contributed by atoms with Gasteiger partial charge < -0.3 is 19.7 Å². The minimum Gasteiger partial charge on any atom is -0.480 e. The maximum absolute atomic E-state index is 12.5. The summed E-state index contributed by atoms with van der Waals surface area (Å²) in [5.74, 6) is -1.36. The smallest absolute Gasteiger partial charge is 0.326 e. The Morgan fingerprint density at radius 3 is 2.64 bits per heavy atom. The fraction of sp³-hybridized carbons (Fsp3) is 0.474. The number of rotatable bonds is 8. The second kappa shape index (κ2) is 8.16. The fourth-order valence-corrected chi connectivity index (χ4v) is 3.05. The highest BCUT2D eigenvalue weighted by Crippen LogP contribution is 2.26. The Labute approximate surface area is 147 Å². The Morgan fingerprint density at radius 1 is 1.32 bits per heavy atom. The number of nitrogens with one attached hydrogen (secondary N) is 1. The molecule has 2 aromatic rings. The van der Waals surface area contributed by atoms with E-state index in [4.69, 9.17) is 4.74 Å².